The number of nitrogens with zero attached hydrogens (tertiary/aromatic N) is 2. The Morgan fingerprint density at radius 2 is 2.00 bits per heavy atom. The quantitative estimate of drug-likeness (QED) is 0.901. The summed E-state index contributed by atoms with van der Waals surface area (Å²) in [6, 6.07) is 5.85. The van der Waals surface area contributed by atoms with Crippen molar-refractivity contribution < 1.29 is 13.2 Å². The number of alkyl halides is 3. The van der Waals surface area contributed by atoms with Gasteiger partial charge in [0.05, 0.1) is 5.56 Å². The molecule has 3 nitrogen and oxygen atoms in total. The Balaban J connectivity index is 2.20. The van der Waals surface area contributed by atoms with Crippen LogP contribution in [-0.4, -0.2) is 48.6 Å². The van der Waals surface area contributed by atoms with Gasteiger partial charge in [0.2, 0.25) is 0 Å². The molecule has 0 spiro atoms. The van der Waals surface area contributed by atoms with Crippen LogP contribution in [0.1, 0.15) is 37.4 Å². The second-order valence-electron chi connectivity index (χ2n) is 6.06. The molecule has 0 bridgehead atoms. The maximum Gasteiger partial charge on any atom is 0.416 e. The number of likely N-dealkylation sites (N-methyl/N-ethyl adjacent to an activating group) is 1. The second-order valence-corrected chi connectivity index (χ2v) is 6.06. The Morgan fingerprint density at radius 3 is 2.57 bits per heavy atom. The van der Waals surface area contributed by atoms with Crippen LogP contribution in [0, 0.1) is 0 Å². The van der Waals surface area contributed by atoms with Crippen molar-refractivity contribution in [2.24, 2.45) is 5.73 Å². The maximum absolute atomic E-state index is 12.9. The minimum absolute atomic E-state index is 0.162. The number of piperazine rings is 1. The van der Waals surface area contributed by atoms with E-state index >= 15 is 0 Å². The minimum atomic E-state index is -4.32. The predicted octanol–water partition coefficient (Wildman–Crippen LogP) is 3.12. The summed E-state index contributed by atoms with van der Waals surface area (Å²) in [6.07, 6.45) is -3.29. The first-order chi connectivity index (χ1) is 10.9. The van der Waals surface area contributed by atoms with Crippen molar-refractivity contribution in [2.75, 3.05) is 32.7 Å². The fraction of sp³-hybridized carbons (Fsp3) is 0.647. The van der Waals surface area contributed by atoms with Crippen LogP contribution in [0.5, 0.6) is 0 Å². The van der Waals surface area contributed by atoms with Crippen molar-refractivity contribution in [3.63, 3.8) is 0 Å². The molecule has 23 heavy (non-hydrogen) atoms. The first kappa shape index (κ1) is 18.2. The molecule has 1 aromatic carbocycles. The maximum atomic E-state index is 12.9. The van der Waals surface area contributed by atoms with Gasteiger partial charge in [-0.15, -0.1) is 0 Å². The average molecular weight is 329 g/mol. The molecule has 2 unspecified atom stereocenters. The monoisotopic (exact) mass is 329 g/mol. The normalized spacial score (nSPS) is 22.3. The van der Waals surface area contributed by atoms with Gasteiger partial charge in [0.15, 0.2) is 0 Å². The van der Waals surface area contributed by atoms with Crippen LogP contribution in [0.25, 0.3) is 0 Å². The van der Waals surface area contributed by atoms with E-state index in [9.17, 15) is 13.2 Å². The molecule has 0 saturated carbocycles. The highest BCUT2D eigenvalue weighted by Crippen LogP contribution is 2.32. The summed E-state index contributed by atoms with van der Waals surface area (Å²) in [5, 5.41) is 0. The Morgan fingerprint density at radius 1 is 1.26 bits per heavy atom. The molecule has 0 aromatic heterocycles. The number of halogens is 3. The van der Waals surface area contributed by atoms with Gasteiger partial charge in [-0.25, -0.2) is 0 Å². The number of nitrogens with two attached hydrogens (primary N) is 1. The minimum Gasteiger partial charge on any atom is -0.329 e. The smallest absolute Gasteiger partial charge is 0.329 e. The van der Waals surface area contributed by atoms with E-state index in [0.717, 1.165) is 38.7 Å². The molecule has 1 aromatic rings. The molecule has 130 valence electrons. The molecular formula is C17H26F3N3. The van der Waals surface area contributed by atoms with E-state index in [1.165, 1.54) is 12.1 Å². The van der Waals surface area contributed by atoms with E-state index in [-0.39, 0.29) is 6.04 Å². The predicted molar refractivity (Wildman–Crippen MR) is 86.1 cm³/mol. The largest absolute Gasteiger partial charge is 0.416 e. The van der Waals surface area contributed by atoms with E-state index in [4.69, 9.17) is 5.73 Å². The van der Waals surface area contributed by atoms with E-state index in [1.807, 2.05) is 0 Å². The fourth-order valence-electron chi connectivity index (χ4n) is 3.42. The lowest BCUT2D eigenvalue weighted by molar-refractivity contribution is -0.137. The van der Waals surface area contributed by atoms with Gasteiger partial charge in [-0.2, -0.15) is 13.2 Å². The zero-order chi connectivity index (χ0) is 17.0. The van der Waals surface area contributed by atoms with Crippen molar-refractivity contribution in [3.05, 3.63) is 35.4 Å². The number of hydrogen-bond acceptors (Lipinski definition) is 3. The molecule has 1 heterocycles. The van der Waals surface area contributed by atoms with Crippen molar-refractivity contribution in [3.8, 4) is 0 Å². The summed E-state index contributed by atoms with van der Waals surface area (Å²) in [7, 11) is 0. The van der Waals surface area contributed by atoms with Crippen molar-refractivity contribution in [1.29, 1.82) is 0 Å². The molecular weight excluding hydrogens is 303 g/mol. The highest BCUT2D eigenvalue weighted by molar-refractivity contribution is 5.28. The van der Waals surface area contributed by atoms with Gasteiger partial charge in [0, 0.05) is 38.3 Å². The molecule has 2 N–H and O–H groups in total. The molecule has 2 atom stereocenters. The first-order valence-corrected chi connectivity index (χ1v) is 8.26. The van der Waals surface area contributed by atoms with Gasteiger partial charge >= 0.3 is 6.18 Å². The summed E-state index contributed by atoms with van der Waals surface area (Å²) in [4.78, 5) is 4.66. The van der Waals surface area contributed by atoms with Crippen molar-refractivity contribution in [2.45, 2.75) is 38.5 Å². The Hall–Kier alpha value is -1.11. The molecule has 1 aliphatic rings. The Bertz CT molecular complexity index is 504. The van der Waals surface area contributed by atoms with E-state index in [0.29, 0.717) is 18.2 Å². The highest BCUT2D eigenvalue weighted by atomic mass is 19.4. The lowest BCUT2D eigenvalue weighted by Gasteiger charge is -2.44. The fourth-order valence-corrected chi connectivity index (χ4v) is 3.42. The molecule has 2 rings (SSSR count). The summed E-state index contributed by atoms with van der Waals surface area (Å²) in [5.41, 5.74) is 5.96. The van der Waals surface area contributed by atoms with Crippen molar-refractivity contribution >= 4 is 0 Å². The molecule has 0 aliphatic carbocycles. The molecule has 0 amide bonds. The van der Waals surface area contributed by atoms with Gasteiger partial charge < -0.3 is 5.73 Å². The van der Waals surface area contributed by atoms with Crippen LogP contribution >= 0.6 is 0 Å². The molecule has 1 aliphatic heterocycles. The third-order valence-electron chi connectivity index (χ3n) is 4.78. The third kappa shape index (κ3) is 4.25. The van der Waals surface area contributed by atoms with Crippen LogP contribution in [0.4, 0.5) is 13.2 Å². The van der Waals surface area contributed by atoms with Gasteiger partial charge in [-0.3, -0.25) is 9.80 Å². The van der Waals surface area contributed by atoms with Gasteiger partial charge in [0.25, 0.3) is 0 Å². The summed E-state index contributed by atoms with van der Waals surface area (Å²) >= 11 is 0. The lowest BCUT2D eigenvalue weighted by Crippen LogP contribution is -2.54. The molecule has 6 heteroatoms. The van der Waals surface area contributed by atoms with Gasteiger partial charge in [0.1, 0.15) is 0 Å². The average Bonchev–Trinajstić information content (AvgIpc) is 2.55. The summed E-state index contributed by atoms with van der Waals surface area (Å²) in [5.74, 6) is 0. The third-order valence-corrected chi connectivity index (χ3v) is 4.78. The summed E-state index contributed by atoms with van der Waals surface area (Å²) in [6.45, 7) is 8.24. The molecule has 1 saturated heterocycles. The van der Waals surface area contributed by atoms with Crippen LogP contribution in [-0.2, 0) is 6.18 Å². The van der Waals surface area contributed by atoms with Crippen molar-refractivity contribution in [1.82, 2.24) is 9.80 Å². The first-order valence-electron chi connectivity index (χ1n) is 8.26. The van der Waals surface area contributed by atoms with E-state index in [2.05, 4.69) is 23.6 Å². The lowest BCUT2D eigenvalue weighted by atomic mass is 9.99. The topological polar surface area (TPSA) is 32.5 Å². The highest BCUT2D eigenvalue weighted by Gasteiger charge is 2.33. The van der Waals surface area contributed by atoms with Gasteiger partial charge in [-0.05, 0) is 30.7 Å². The zero-order valence-corrected chi connectivity index (χ0v) is 13.8. The van der Waals surface area contributed by atoms with Crippen LogP contribution in [0.2, 0.25) is 0 Å². The Labute approximate surface area is 136 Å². The number of benzene rings is 1. The van der Waals surface area contributed by atoms with Gasteiger partial charge in [-0.1, -0.05) is 26.0 Å². The summed E-state index contributed by atoms with van der Waals surface area (Å²) < 4.78 is 38.8. The number of hydrogen-bond donors (Lipinski definition) is 1. The standard InChI is InChI=1S/C17H26F3N3/c1-3-15-12-23(9-8-22(15)4-2)16(11-21)13-6-5-7-14(10-13)17(18,19)20/h5-7,10,15-16H,3-4,8-9,11-12,21H2,1-2H3. The van der Waals surface area contributed by atoms with E-state index < -0.39 is 11.7 Å². The second kappa shape index (κ2) is 7.64. The van der Waals surface area contributed by atoms with E-state index in [1.54, 1.807) is 6.07 Å². The molecule has 1 fully saturated rings. The molecule has 0 radical (unpaired) electrons. The van der Waals surface area contributed by atoms with Crippen LogP contribution in [0.15, 0.2) is 24.3 Å². The Kier molecular flexibility index (Phi) is 6.06. The zero-order valence-electron chi connectivity index (χ0n) is 13.8. The van der Waals surface area contributed by atoms with Crippen LogP contribution in [0.3, 0.4) is 0 Å². The number of rotatable bonds is 5. The van der Waals surface area contributed by atoms with Crippen LogP contribution < -0.4 is 5.73 Å². The SMILES string of the molecule is CCC1CN(C(CN)c2cccc(C(F)(F)F)c2)CCN1CC.